The first-order chi connectivity index (χ1) is 6.56. The van der Waals surface area contributed by atoms with E-state index in [9.17, 15) is 13.6 Å². The number of nitrogens with zero attached hydrogens (tertiary/aromatic N) is 2. The molecule has 0 saturated heterocycles. The number of aromatic nitrogens is 1. The third-order valence-electron chi connectivity index (χ3n) is 1.53. The Kier molecular flexibility index (Phi) is 2.72. The highest BCUT2D eigenvalue weighted by Crippen LogP contribution is 2.18. The largest absolute Gasteiger partial charge is 0.366 e. The van der Waals surface area contributed by atoms with E-state index in [-0.39, 0.29) is 11.1 Å². The maximum atomic E-state index is 12.1. The third kappa shape index (κ3) is 1.82. The van der Waals surface area contributed by atoms with E-state index in [2.05, 4.69) is 4.98 Å². The Bertz CT molecular complexity index is 412. The Hall–Kier alpha value is -2.03. The van der Waals surface area contributed by atoms with Crippen molar-refractivity contribution in [1.82, 2.24) is 4.98 Å². The molecule has 0 fully saturated rings. The number of pyridine rings is 1. The molecular formula is C8H5F2N3O. The summed E-state index contributed by atoms with van der Waals surface area (Å²) in [6.07, 6.45) is -1.90. The first kappa shape index (κ1) is 10.1. The molecular weight excluding hydrogens is 192 g/mol. The minimum Gasteiger partial charge on any atom is -0.366 e. The van der Waals surface area contributed by atoms with Crippen molar-refractivity contribution in [3.05, 3.63) is 29.1 Å². The fourth-order valence-corrected chi connectivity index (χ4v) is 0.880. The number of rotatable bonds is 2. The molecule has 0 aliphatic rings. The van der Waals surface area contributed by atoms with E-state index in [0.717, 1.165) is 12.3 Å². The van der Waals surface area contributed by atoms with Gasteiger partial charge in [0.05, 0.1) is 11.1 Å². The molecule has 1 amide bonds. The molecule has 0 atom stereocenters. The molecule has 1 rings (SSSR count). The van der Waals surface area contributed by atoms with Gasteiger partial charge in [0.25, 0.3) is 12.3 Å². The number of halogens is 2. The molecule has 0 aliphatic heterocycles. The van der Waals surface area contributed by atoms with Crippen molar-refractivity contribution in [2.75, 3.05) is 0 Å². The number of alkyl halides is 2. The second kappa shape index (κ2) is 3.79. The summed E-state index contributed by atoms with van der Waals surface area (Å²) in [5.74, 6) is -0.866. The number of carbonyl (C=O) groups excluding carboxylic acids is 1. The van der Waals surface area contributed by atoms with Gasteiger partial charge in [0.2, 0.25) is 0 Å². The number of primary amides is 1. The molecule has 0 saturated carbocycles. The first-order valence-electron chi connectivity index (χ1n) is 3.54. The number of hydrogen-bond donors (Lipinski definition) is 1. The van der Waals surface area contributed by atoms with Crippen molar-refractivity contribution in [2.24, 2.45) is 5.73 Å². The standard InChI is InChI=1S/C8H5F2N3O/c9-7(10)6-1-4(2-11)5(3-13-6)8(12)14/h1,3,7H,(H2,12,14). The third-order valence-corrected chi connectivity index (χ3v) is 1.53. The maximum Gasteiger partial charge on any atom is 0.280 e. The normalized spacial score (nSPS) is 9.86. The van der Waals surface area contributed by atoms with E-state index < -0.39 is 18.0 Å². The van der Waals surface area contributed by atoms with Gasteiger partial charge < -0.3 is 5.73 Å². The minimum absolute atomic E-state index is 0.156. The molecule has 0 aromatic carbocycles. The van der Waals surface area contributed by atoms with Crippen molar-refractivity contribution in [2.45, 2.75) is 6.43 Å². The van der Waals surface area contributed by atoms with Gasteiger partial charge in [0.1, 0.15) is 11.8 Å². The quantitative estimate of drug-likeness (QED) is 0.767. The van der Waals surface area contributed by atoms with Crippen LogP contribution in [0.1, 0.15) is 28.0 Å². The second-order valence-corrected chi connectivity index (χ2v) is 2.43. The van der Waals surface area contributed by atoms with Crippen LogP contribution in [0.25, 0.3) is 0 Å². The van der Waals surface area contributed by atoms with Gasteiger partial charge in [0.15, 0.2) is 0 Å². The maximum absolute atomic E-state index is 12.1. The molecule has 6 heteroatoms. The molecule has 1 aromatic rings. The molecule has 4 nitrogen and oxygen atoms in total. The van der Waals surface area contributed by atoms with Crippen molar-refractivity contribution < 1.29 is 13.6 Å². The van der Waals surface area contributed by atoms with Crippen LogP contribution in [0.2, 0.25) is 0 Å². The van der Waals surface area contributed by atoms with Gasteiger partial charge in [-0.2, -0.15) is 5.26 Å². The number of carbonyl (C=O) groups is 1. The summed E-state index contributed by atoms with van der Waals surface area (Å²) in [6, 6.07) is 2.45. The Balaban J connectivity index is 3.27. The Labute approximate surface area is 78.0 Å². The molecule has 0 unspecified atom stereocenters. The predicted molar refractivity (Wildman–Crippen MR) is 42.4 cm³/mol. The van der Waals surface area contributed by atoms with E-state index >= 15 is 0 Å². The Morgan fingerprint density at radius 1 is 1.64 bits per heavy atom. The van der Waals surface area contributed by atoms with Crippen LogP contribution in [-0.2, 0) is 0 Å². The van der Waals surface area contributed by atoms with E-state index in [4.69, 9.17) is 11.0 Å². The van der Waals surface area contributed by atoms with Crippen LogP contribution in [0.4, 0.5) is 8.78 Å². The predicted octanol–water partition coefficient (Wildman–Crippen LogP) is 0.990. The minimum atomic E-state index is -2.77. The topological polar surface area (TPSA) is 79.8 Å². The number of nitrogens with two attached hydrogens (primary N) is 1. The van der Waals surface area contributed by atoms with Gasteiger partial charge in [-0.25, -0.2) is 8.78 Å². The SMILES string of the molecule is N#Cc1cc(C(F)F)ncc1C(N)=O. The van der Waals surface area contributed by atoms with Gasteiger partial charge >= 0.3 is 0 Å². The molecule has 0 bridgehead atoms. The highest BCUT2D eigenvalue weighted by Gasteiger charge is 2.14. The molecule has 1 aromatic heterocycles. The summed E-state index contributed by atoms with van der Waals surface area (Å²) in [7, 11) is 0. The van der Waals surface area contributed by atoms with Crippen molar-refractivity contribution in [3.63, 3.8) is 0 Å². The summed E-state index contributed by atoms with van der Waals surface area (Å²) in [4.78, 5) is 14.0. The first-order valence-corrected chi connectivity index (χ1v) is 3.54. The molecule has 1 heterocycles. The summed E-state index contributed by atoms with van der Waals surface area (Å²) in [5.41, 5.74) is 4.00. The summed E-state index contributed by atoms with van der Waals surface area (Å²) >= 11 is 0. The lowest BCUT2D eigenvalue weighted by atomic mass is 10.1. The smallest absolute Gasteiger partial charge is 0.280 e. The van der Waals surface area contributed by atoms with Crippen molar-refractivity contribution in [1.29, 1.82) is 5.26 Å². The Morgan fingerprint density at radius 3 is 2.71 bits per heavy atom. The van der Waals surface area contributed by atoms with Crippen LogP contribution < -0.4 is 5.73 Å². The fourth-order valence-electron chi connectivity index (χ4n) is 0.880. The zero-order valence-corrected chi connectivity index (χ0v) is 6.87. The van der Waals surface area contributed by atoms with E-state index in [0.29, 0.717) is 0 Å². The van der Waals surface area contributed by atoms with Gasteiger partial charge in [-0.05, 0) is 6.07 Å². The van der Waals surface area contributed by atoms with Gasteiger partial charge in [-0.1, -0.05) is 0 Å². The highest BCUT2D eigenvalue weighted by atomic mass is 19.3. The summed E-state index contributed by atoms with van der Waals surface area (Å²) in [5, 5.41) is 8.54. The zero-order chi connectivity index (χ0) is 10.7. The number of nitriles is 1. The highest BCUT2D eigenvalue weighted by molar-refractivity contribution is 5.94. The van der Waals surface area contributed by atoms with E-state index in [1.54, 1.807) is 6.07 Å². The van der Waals surface area contributed by atoms with Crippen LogP contribution in [0.15, 0.2) is 12.3 Å². The van der Waals surface area contributed by atoms with E-state index in [1.165, 1.54) is 0 Å². The number of hydrogen-bond acceptors (Lipinski definition) is 3. The van der Waals surface area contributed by atoms with Crippen LogP contribution in [-0.4, -0.2) is 10.9 Å². The van der Waals surface area contributed by atoms with Gasteiger partial charge in [0, 0.05) is 6.20 Å². The summed E-state index contributed by atoms with van der Waals surface area (Å²) < 4.78 is 24.3. The average Bonchev–Trinajstić information content (AvgIpc) is 2.16. The van der Waals surface area contributed by atoms with Crippen LogP contribution in [0.3, 0.4) is 0 Å². The molecule has 72 valence electrons. The Morgan fingerprint density at radius 2 is 2.29 bits per heavy atom. The molecule has 0 spiro atoms. The van der Waals surface area contributed by atoms with Crippen molar-refractivity contribution in [3.8, 4) is 6.07 Å². The molecule has 0 aliphatic carbocycles. The monoisotopic (exact) mass is 197 g/mol. The molecule has 2 N–H and O–H groups in total. The van der Waals surface area contributed by atoms with Crippen molar-refractivity contribution >= 4 is 5.91 Å². The molecule has 0 radical (unpaired) electrons. The zero-order valence-electron chi connectivity index (χ0n) is 6.87. The average molecular weight is 197 g/mol. The lowest BCUT2D eigenvalue weighted by Gasteiger charge is -2.01. The van der Waals surface area contributed by atoms with Crippen LogP contribution in [0, 0.1) is 11.3 Å². The van der Waals surface area contributed by atoms with Crippen LogP contribution in [0.5, 0.6) is 0 Å². The van der Waals surface area contributed by atoms with Gasteiger partial charge in [-0.3, -0.25) is 9.78 Å². The molecule has 14 heavy (non-hydrogen) atoms. The lowest BCUT2D eigenvalue weighted by Crippen LogP contribution is -2.14. The van der Waals surface area contributed by atoms with Gasteiger partial charge in [-0.15, -0.1) is 0 Å². The lowest BCUT2D eigenvalue weighted by molar-refractivity contribution is 0.0998. The number of amides is 1. The summed E-state index contributed by atoms with van der Waals surface area (Å²) in [6.45, 7) is 0. The second-order valence-electron chi connectivity index (χ2n) is 2.43. The van der Waals surface area contributed by atoms with Crippen LogP contribution >= 0.6 is 0 Å². The fraction of sp³-hybridized carbons (Fsp3) is 0.125. The van der Waals surface area contributed by atoms with E-state index in [1.807, 2.05) is 0 Å².